The molecule has 12 aromatic rings. The second-order valence-corrected chi connectivity index (χ2v) is 17.2. The molecule has 0 N–H and O–H groups in total. The molecule has 0 spiro atoms. The Morgan fingerprint density at radius 3 is 0.597 bits per heavy atom. The Morgan fingerprint density at radius 2 is 0.361 bits per heavy atom. The Kier molecular flexibility index (Phi) is 10.6. The molecule has 0 aliphatic heterocycles. The van der Waals surface area contributed by atoms with E-state index in [2.05, 4.69) is 97.1 Å². The summed E-state index contributed by atoms with van der Waals surface area (Å²) in [4.78, 5) is 47.8. The van der Waals surface area contributed by atoms with E-state index in [1.807, 2.05) is 116 Å². The van der Waals surface area contributed by atoms with E-state index < -0.39 is 0 Å². The van der Waals surface area contributed by atoms with Gasteiger partial charge < -0.3 is 0 Å². The predicted octanol–water partition coefficient (Wildman–Crippen LogP) is 14.6. The second-order valence-electron chi connectivity index (χ2n) is 17.2. The molecule has 0 saturated carbocycles. The van der Waals surface area contributed by atoms with Crippen molar-refractivity contribution in [3.63, 3.8) is 0 Å². The minimum absolute atomic E-state index is 0.626. The molecule has 9 heteroatoms. The van der Waals surface area contributed by atoms with Gasteiger partial charge in [0.15, 0.2) is 0 Å². The smallest absolute Gasteiger partial charge is 0.0979 e. The standard InChI is InChI=1S/C63H39N9/c1-4-20-40(21-5-1)48-51(43-26-10-15-31-64-43)52(44-27-11-16-32-65-44)49(41-22-6-2-7-23-41)57-56(48)60-62(71-37-36-69-60)58-50(42-24-8-3-9-25-42)53(45-28-12-17-33-66-45)54(46-29-13-18-34-67-46)55(47-30-14-19-35-68-47)59(58)63-61(57)70-38-39-72-63/h1-39H. The number of aromatic nitrogens is 9. The van der Waals surface area contributed by atoms with Gasteiger partial charge >= 0.3 is 0 Å². The lowest BCUT2D eigenvalue weighted by Gasteiger charge is -2.32. The first kappa shape index (κ1) is 42.1. The summed E-state index contributed by atoms with van der Waals surface area (Å²) in [5.74, 6) is 0. The SMILES string of the molecule is c1ccc(-c2c(-c3ccccn3)c(-c3ccccn3)c(-c3ccccc3)c3c2-c2nccnc2-c2c(-c4ccccc4)c(-c4ccccn4)c(-c4ccccn4)c(-c4ccccn4)c2-c2nccnc2-3)cc1. The monoisotopic (exact) mass is 921 g/mol. The number of hydrogen-bond acceptors (Lipinski definition) is 9. The zero-order chi connectivity index (χ0) is 47.8. The summed E-state index contributed by atoms with van der Waals surface area (Å²) < 4.78 is 0. The molecule has 1 aliphatic carbocycles. The molecule has 0 saturated heterocycles. The van der Waals surface area contributed by atoms with Crippen molar-refractivity contribution in [2.24, 2.45) is 0 Å². The lowest BCUT2D eigenvalue weighted by atomic mass is 9.72. The van der Waals surface area contributed by atoms with E-state index in [1.165, 1.54) is 0 Å². The number of hydrogen-bond donors (Lipinski definition) is 0. The molecule has 0 atom stereocenters. The molecular formula is C63H39N9. The molecule has 0 radical (unpaired) electrons. The first-order valence-corrected chi connectivity index (χ1v) is 23.7. The number of rotatable bonds is 8. The van der Waals surface area contributed by atoms with Crippen LogP contribution in [0.4, 0.5) is 0 Å². The molecule has 5 aromatic carbocycles. The molecule has 1 aliphatic rings. The maximum absolute atomic E-state index is 5.52. The van der Waals surface area contributed by atoms with Crippen molar-refractivity contribution in [1.29, 1.82) is 0 Å². The summed E-state index contributed by atoms with van der Waals surface area (Å²) in [6, 6.07) is 61.6. The van der Waals surface area contributed by atoms with Crippen LogP contribution in [-0.2, 0) is 0 Å². The first-order chi connectivity index (χ1) is 35.8. The molecule has 9 nitrogen and oxygen atoms in total. The first-order valence-electron chi connectivity index (χ1n) is 23.7. The molecule has 0 amide bonds. The average Bonchev–Trinajstić information content (AvgIpc) is 3.47. The Hall–Kier alpha value is -9.99. The number of nitrogens with zero attached hydrogens (tertiary/aromatic N) is 9. The van der Waals surface area contributed by atoms with E-state index in [9.17, 15) is 0 Å². The van der Waals surface area contributed by atoms with Crippen LogP contribution in [0.3, 0.4) is 0 Å². The van der Waals surface area contributed by atoms with E-state index in [0.29, 0.717) is 28.5 Å². The van der Waals surface area contributed by atoms with Crippen LogP contribution in [0, 0.1) is 0 Å². The van der Waals surface area contributed by atoms with E-state index in [-0.39, 0.29) is 0 Å². The van der Waals surface area contributed by atoms with E-state index in [1.54, 1.807) is 24.8 Å². The molecule has 0 bridgehead atoms. The van der Waals surface area contributed by atoms with Crippen molar-refractivity contribution in [2.75, 3.05) is 0 Å². The van der Waals surface area contributed by atoms with Crippen LogP contribution in [0.25, 0.3) is 135 Å². The maximum atomic E-state index is 5.52. The van der Waals surface area contributed by atoms with E-state index in [0.717, 1.165) is 106 Å². The fraction of sp³-hybridized carbons (Fsp3) is 0. The number of pyridine rings is 5. The lowest BCUT2D eigenvalue weighted by Crippen LogP contribution is -2.11. The second kappa shape index (κ2) is 18.2. The fourth-order valence-electron chi connectivity index (χ4n) is 10.4. The number of benzene rings is 5. The summed E-state index contributed by atoms with van der Waals surface area (Å²) in [6.45, 7) is 0. The summed E-state index contributed by atoms with van der Waals surface area (Å²) >= 11 is 0. The number of fused-ring (bicyclic) bond motifs is 8. The highest BCUT2D eigenvalue weighted by Crippen LogP contribution is 2.62. The van der Waals surface area contributed by atoms with Crippen LogP contribution in [0.5, 0.6) is 0 Å². The van der Waals surface area contributed by atoms with E-state index >= 15 is 0 Å². The third-order valence-corrected chi connectivity index (χ3v) is 13.1. The van der Waals surface area contributed by atoms with Crippen molar-refractivity contribution in [2.45, 2.75) is 0 Å². The van der Waals surface area contributed by atoms with Gasteiger partial charge in [0.1, 0.15) is 0 Å². The van der Waals surface area contributed by atoms with Gasteiger partial charge in [0.2, 0.25) is 0 Å². The van der Waals surface area contributed by atoms with Crippen LogP contribution < -0.4 is 0 Å². The van der Waals surface area contributed by atoms with Gasteiger partial charge in [-0.1, -0.05) is 121 Å². The van der Waals surface area contributed by atoms with Crippen LogP contribution >= 0.6 is 0 Å². The van der Waals surface area contributed by atoms with Gasteiger partial charge in [-0.2, -0.15) is 0 Å². The van der Waals surface area contributed by atoms with Gasteiger partial charge in [0, 0.05) is 123 Å². The van der Waals surface area contributed by atoms with Crippen molar-refractivity contribution in [3.05, 3.63) is 238 Å². The van der Waals surface area contributed by atoms with Gasteiger partial charge in [0.05, 0.1) is 51.2 Å². The fourth-order valence-corrected chi connectivity index (χ4v) is 10.4. The lowest BCUT2D eigenvalue weighted by molar-refractivity contribution is 1.18. The van der Waals surface area contributed by atoms with Crippen LogP contribution in [0.15, 0.2) is 238 Å². The highest BCUT2D eigenvalue weighted by molar-refractivity contribution is 6.21. The van der Waals surface area contributed by atoms with Crippen molar-refractivity contribution in [3.8, 4) is 135 Å². The van der Waals surface area contributed by atoms with Gasteiger partial charge in [0.25, 0.3) is 0 Å². The molecular weight excluding hydrogens is 883 g/mol. The van der Waals surface area contributed by atoms with Gasteiger partial charge in [-0.3, -0.25) is 44.9 Å². The van der Waals surface area contributed by atoms with Gasteiger partial charge in [-0.15, -0.1) is 0 Å². The minimum atomic E-state index is 0.626. The van der Waals surface area contributed by atoms with E-state index in [4.69, 9.17) is 44.9 Å². The normalized spacial score (nSPS) is 11.3. The van der Waals surface area contributed by atoms with Crippen molar-refractivity contribution in [1.82, 2.24) is 44.9 Å². The zero-order valence-electron chi connectivity index (χ0n) is 38.5. The van der Waals surface area contributed by atoms with Crippen LogP contribution in [-0.4, -0.2) is 44.9 Å². The molecule has 0 unspecified atom stereocenters. The molecule has 7 heterocycles. The summed E-state index contributed by atoms with van der Waals surface area (Å²) in [5.41, 5.74) is 19.3. The Bertz CT molecular complexity index is 3400. The van der Waals surface area contributed by atoms with Crippen LogP contribution in [0.1, 0.15) is 0 Å². The highest BCUT2D eigenvalue weighted by atomic mass is 14.8. The minimum Gasteiger partial charge on any atom is -0.256 e. The Morgan fingerprint density at radius 1 is 0.153 bits per heavy atom. The Labute approximate surface area is 415 Å². The molecule has 0 fully saturated rings. The molecule has 7 aromatic heterocycles. The largest absolute Gasteiger partial charge is 0.256 e. The maximum Gasteiger partial charge on any atom is 0.0979 e. The van der Waals surface area contributed by atoms with Crippen molar-refractivity contribution < 1.29 is 0 Å². The summed E-state index contributed by atoms with van der Waals surface area (Å²) in [6.07, 6.45) is 16.3. The molecule has 13 rings (SSSR count). The van der Waals surface area contributed by atoms with Crippen molar-refractivity contribution >= 4 is 0 Å². The van der Waals surface area contributed by atoms with Crippen LogP contribution in [0.2, 0.25) is 0 Å². The zero-order valence-corrected chi connectivity index (χ0v) is 38.5. The Balaban J connectivity index is 1.36. The average molecular weight is 922 g/mol. The quantitative estimate of drug-likeness (QED) is 0.147. The molecule has 72 heavy (non-hydrogen) atoms. The third-order valence-electron chi connectivity index (χ3n) is 13.1. The summed E-state index contributed by atoms with van der Waals surface area (Å²) in [5, 5.41) is 0. The van der Waals surface area contributed by atoms with Gasteiger partial charge in [-0.25, -0.2) is 0 Å². The topological polar surface area (TPSA) is 116 Å². The third kappa shape index (κ3) is 7.06. The summed E-state index contributed by atoms with van der Waals surface area (Å²) in [7, 11) is 0. The highest BCUT2D eigenvalue weighted by Gasteiger charge is 2.39. The predicted molar refractivity (Wildman–Crippen MR) is 285 cm³/mol. The molecule has 336 valence electrons. The van der Waals surface area contributed by atoms with Gasteiger partial charge in [-0.05, 0) is 77.4 Å².